The summed E-state index contributed by atoms with van der Waals surface area (Å²) in [6.45, 7) is 5.52. The van der Waals surface area contributed by atoms with Gasteiger partial charge in [-0.2, -0.15) is 9.97 Å². The Bertz CT molecular complexity index is 1740. The number of halogens is 3. The Hall–Kier alpha value is -3.89. The van der Waals surface area contributed by atoms with Crippen molar-refractivity contribution < 1.29 is 18.3 Å². The number of rotatable bonds is 6. The molecule has 3 fully saturated rings. The van der Waals surface area contributed by atoms with Crippen LogP contribution in [0.3, 0.4) is 0 Å². The second-order valence-corrected chi connectivity index (χ2v) is 11.6. The maximum absolute atomic E-state index is 14.5. The molecule has 2 aromatic heterocycles. The lowest BCUT2D eigenvalue weighted by Gasteiger charge is -2.47. The predicted molar refractivity (Wildman–Crippen MR) is 158 cm³/mol. The molecule has 4 atom stereocenters. The van der Waals surface area contributed by atoms with Crippen LogP contribution in [-0.2, 0) is 4.79 Å². The van der Waals surface area contributed by atoms with Gasteiger partial charge in [0, 0.05) is 36.6 Å². The third-order valence-corrected chi connectivity index (χ3v) is 9.17. The summed E-state index contributed by atoms with van der Waals surface area (Å²) >= 11 is 6.42. The molecule has 11 heteroatoms. The zero-order valence-corrected chi connectivity index (χ0v) is 23.8. The number of nitrogens with zero attached hydrogens (tertiary/aromatic N) is 6. The van der Waals surface area contributed by atoms with Crippen LogP contribution < -0.4 is 9.64 Å². The van der Waals surface area contributed by atoms with Gasteiger partial charge in [-0.3, -0.25) is 9.69 Å². The Kier molecular flexibility index (Phi) is 6.70. The lowest BCUT2D eigenvalue weighted by Crippen LogP contribution is -2.63. The van der Waals surface area contributed by atoms with E-state index in [0.717, 1.165) is 17.2 Å². The first-order chi connectivity index (χ1) is 20.3. The third-order valence-electron chi connectivity index (χ3n) is 8.80. The minimum atomic E-state index is -0.889. The molecule has 42 heavy (non-hydrogen) atoms. The Balaban J connectivity index is 1.29. The van der Waals surface area contributed by atoms with Crippen molar-refractivity contribution in [2.75, 3.05) is 38.2 Å². The van der Waals surface area contributed by atoms with E-state index in [9.17, 15) is 13.6 Å². The number of ether oxygens (including phenoxy) is 1. The number of hydrogen-bond acceptors (Lipinski definition) is 7. The van der Waals surface area contributed by atoms with Crippen molar-refractivity contribution in [2.45, 2.75) is 37.1 Å². The van der Waals surface area contributed by atoms with E-state index in [1.165, 1.54) is 12.1 Å². The maximum atomic E-state index is 14.5. The second kappa shape index (κ2) is 10.4. The molecule has 8 nitrogen and oxygen atoms in total. The summed E-state index contributed by atoms with van der Waals surface area (Å²) in [7, 11) is 1.88. The van der Waals surface area contributed by atoms with Gasteiger partial charge in [0.05, 0.1) is 28.2 Å². The van der Waals surface area contributed by atoms with Crippen molar-refractivity contribution in [1.29, 1.82) is 0 Å². The highest BCUT2D eigenvalue weighted by Gasteiger charge is 2.49. The van der Waals surface area contributed by atoms with E-state index in [1.54, 1.807) is 6.07 Å². The minimum Gasteiger partial charge on any atom is -0.462 e. The number of carbonyl (C=O) groups is 1. The minimum absolute atomic E-state index is 0.0377. The Morgan fingerprint density at radius 1 is 1.14 bits per heavy atom. The van der Waals surface area contributed by atoms with Gasteiger partial charge in [-0.15, -0.1) is 0 Å². The molecular formula is C31H29ClF2N6O2. The van der Waals surface area contributed by atoms with E-state index in [1.807, 2.05) is 47.2 Å². The van der Waals surface area contributed by atoms with E-state index in [4.69, 9.17) is 26.3 Å². The topological polar surface area (TPSA) is 74.7 Å². The number of likely N-dealkylation sites (tertiary alicyclic amines) is 2. The van der Waals surface area contributed by atoms with Gasteiger partial charge in [-0.05, 0) is 49.6 Å². The number of anilines is 1. The van der Waals surface area contributed by atoms with Gasteiger partial charge in [0.2, 0.25) is 5.91 Å². The Morgan fingerprint density at radius 2 is 2.00 bits per heavy atom. The van der Waals surface area contributed by atoms with E-state index in [2.05, 4.69) is 16.5 Å². The number of hydrogen-bond donors (Lipinski definition) is 0. The van der Waals surface area contributed by atoms with Crippen molar-refractivity contribution >= 4 is 45.1 Å². The zero-order chi connectivity index (χ0) is 29.1. The zero-order valence-electron chi connectivity index (χ0n) is 23.0. The Morgan fingerprint density at radius 3 is 2.79 bits per heavy atom. The molecule has 0 bridgehead atoms. The molecule has 7 rings (SSSR count). The number of benzene rings is 2. The second-order valence-electron chi connectivity index (χ2n) is 11.2. The van der Waals surface area contributed by atoms with E-state index < -0.39 is 12.0 Å². The molecule has 2 aromatic carbocycles. The molecular weight excluding hydrogens is 562 g/mol. The highest BCUT2D eigenvalue weighted by atomic mass is 35.5. The first kappa shape index (κ1) is 27.0. The molecule has 5 heterocycles. The number of pyridine rings is 1. The van der Waals surface area contributed by atoms with Crippen molar-refractivity contribution in [2.24, 2.45) is 0 Å². The van der Waals surface area contributed by atoms with Crippen molar-refractivity contribution in [1.82, 2.24) is 24.8 Å². The number of carbonyl (C=O) groups excluding carboxylic acids is 1. The summed E-state index contributed by atoms with van der Waals surface area (Å²) in [5.74, 6) is 0.105. The number of fused-ring (bicyclic) bond motifs is 3. The number of likely N-dealkylation sites (N-methyl/N-ethyl adjacent to an activating group) is 1. The maximum Gasteiger partial charge on any atom is 0.320 e. The van der Waals surface area contributed by atoms with Gasteiger partial charge >= 0.3 is 6.01 Å². The fraction of sp³-hybridized carbons (Fsp3) is 0.355. The highest BCUT2D eigenvalue weighted by molar-refractivity contribution is 6.36. The molecule has 0 saturated carbocycles. The average Bonchev–Trinajstić information content (AvgIpc) is 3.49. The smallest absolute Gasteiger partial charge is 0.320 e. The standard InChI is InChI=1S/C31H29ClF2N6O2/c1-3-26(41)39-12-11-24-25(39)15-40(24)30-21-8-10-23(20-6-4-5-17-7-9-22(34)28(32)27(17)20)35-29(21)36-31(37-30)42-16-19-13-18(33)14-38(19)2/h3-10,18-19,24-25H,1,11-16H2,2H3/t18-,19+,24-,25-/m1/s1. The van der Waals surface area contributed by atoms with Crippen LogP contribution >= 0.6 is 11.6 Å². The van der Waals surface area contributed by atoms with E-state index in [0.29, 0.717) is 54.2 Å². The van der Waals surface area contributed by atoms with Crippen LogP contribution in [0, 0.1) is 5.82 Å². The van der Waals surface area contributed by atoms with Crippen molar-refractivity contribution in [3.05, 3.63) is 66.0 Å². The first-order valence-corrected chi connectivity index (χ1v) is 14.4. The molecule has 0 radical (unpaired) electrons. The monoisotopic (exact) mass is 590 g/mol. The molecule has 3 saturated heterocycles. The van der Waals surface area contributed by atoms with E-state index >= 15 is 0 Å². The SMILES string of the molecule is C=CC(=O)N1CC[C@@H]2[C@H]1CN2c1nc(OC[C@@H]2C[C@@H](F)CN2C)nc2nc(-c3cccc4ccc(F)c(Cl)c34)ccc12. The van der Waals surface area contributed by atoms with Crippen molar-refractivity contribution in [3.63, 3.8) is 0 Å². The molecule has 3 aliphatic rings. The van der Waals surface area contributed by atoms with Crippen LogP contribution in [0.5, 0.6) is 6.01 Å². The van der Waals surface area contributed by atoms with Gasteiger partial charge in [-0.25, -0.2) is 13.8 Å². The summed E-state index contributed by atoms with van der Waals surface area (Å²) in [5, 5.41) is 2.14. The highest BCUT2D eigenvalue weighted by Crippen LogP contribution is 2.40. The third kappa shape index (κ3) is 4.44. The Labute approximate surface area is 246 Å². The average molecular weight is 591 g/mol. The predicted octanol–water partition coefficient (Wildman–Crippen LogP) is 5.03. The molecule has 0 N–H and O–H groups in total. The summed E-state index contributed by atoms with van der Waals surface area (Å²) in [6.07, 6.45) is 1.67. The number of amides is 1. The summed E-state index contributed by atoms with van der Waals surface area (Å²) in [5.41, 5.74) is 1.68. The number of aromatic nitrogens is 3. The van der Waals surface area contributed by atoms with Gasteiger partial charge in [0.1, 0.15) is 24.4 Å². The first-order valence-electron chi connectivity index (χ1n) is 14.0. The summed E-state index contributed by atoms with van der Waals surface area (Å²) in [4.78, 5) is 32.7. The van der Waals surface area contributed by atoms with Gasteiger partial charge < -0.3 is 14.5 Å². The fourth-order valence-electron chi connectivity index (χ4n) is 6.56. The largest absolute Gasteiger partial charge is 0.462 e. The lowest BCUT2D eigenvalue weighted by atomic mass is 9.96. The molecule has 0 aliphatic carbocycles. The van der Waals surface area contributed by atoms with Crippen LogP contribution in [0.2, 0.25) is 5.02 Å². The van der Waals surface area contributed by atoms with Crippen LogP contribution in [0.1, 0.15) is 12.8 Å². The van der Waals surface area contributed by atoms with Gasteiger partial charge in [0.25, 0.3) is 0 Å². The molecule has 0 spiro atoms. The van der Waals surface area contributed by atoms with Gasteiger partial charge in [0.15, 0.2) is 5.65 Å². The van der Waals surface area contributed by atoms with Crippen molar-refractivity contribution in [3.8, 4) is 17.3 Å². The fourth-order valence-corrected chi connectivity index (χ4v) is 6.84. The van der Waals surface area contributed by atoms with E-state index in [-0.39, 0.29) is 41.7 Å². The molecule has 4 aromatic rings. The normalized spacial score (nSPS) is 23.8. The molecule has 3 aliphatic heterocycles. The van der Waals surface area contributed by atoms with Gasteiger partial charge in [-0.1, -0.05) is 42.4 Å². The summed E-state index contributed by atoms with van der Waals surface area (Å²) in [6, 6.07) is 12.7. The molecule has 0 unspecified atom stereocenters. The van der Waals surface area contributed by atoms with Crippen LogP contribution in [-0.4, -0.2) is 88.2 Å². The number of alkyl halides is 1. The van der Waals surface area contributed by atoms with Crippen LogP contribution in [0.4, 0.5) is 14.6 Å². The van der Waals surface area contributed by atoms with Crippen LogP contribution in [0.15, 0.2) is 55.1 Å². The quantitative estimate of drug-likeness (QED) is 0.292. The molecule has 1 amide bonds. The molecule has 216 valence electrons. The van der Waals surface area contributed by atoms with Crippen LogP contribution in [0.25, 0.3) is 33.1 Å². The lowest BCUT2D eigenvalue weighted by molar-refractivity contribution is -0.127. The summed E-state index contributed by atoms with van der Waals surface area (Å²) < 4.78 is 34.5.